The lowest BCUT2D eigenvalue weighted by Gasteiger charge is -2.28. The van der Waals surface area contributed by atoms with E-state index in [1.54, 1.807) is 13.8 Å². The van der Waals surface area contributed by atoms with Crippen molar-refractivity contribution in [3.8, 4) is 28.4 Å². The van der Waals surface area contributed by atoms with Crippen molar-refractivity contribution in [2.75, 3.05) is 20.3 Å². The van der Waals surface area contributed by atoms with Crippen LogP contribution in [0.25, 0.3) is 11.1 Å². The lowest BCUT2D eigenvalue weighted by molar-refractivity contribution is 0.112. The first-order chi connectivity index (χ1) is 16.8. The molecule has 0 radical (unpaired) electrons. The lowest BCUT2D eigenvalue weighted by atomic mass is 9.82. The molecule has 0 fully saturated rings. The molecule has 35 heavy (non-hydrogen) atoms. The summed E-state index contributed by atoms with van der Waals surface area (Å²) in [4.78, 5) is 10.2. The van der Waals surface area contributed by atoms with Gasteiger partial charge in [-0.1, -0.05) is 12.1 Å². The Morgan fingerprint density at radius 1 is 0.771 bits per heavy atom. The molecule has 186 valence electrons. The van der Waals surface area contributed by atoms with E-state index in [1.807, 2.05) is 0 Å². The Kier molecular flexibility index (Phi) is 8.32. The molecule has 0 bridgehead atoms. The van der Waals surface area contributed by atoms with Crippen molar-refractivity contribution in [1.29, 1.82) is 0 Å². The topological polar surface area (TPSA) is 44.8 Å². The first-order valence-corrected chi connectivity index (χ1v) is 10.8. The zero-order valence-electron chi connectivity index (χ0n) is 19.2. The largest absolute Gasteiger partial charge is 0.494 e. The second-order valence-electron chi connectivity index (χ2n) is 7.36. The quantitative estimate of drug-likeness (QED) is 0.271. The molecule has 9 heteroatoms. The predicted octanol–water partition coefficient (Wildman–Crippen LogP) is 7.11. The highest BCUT2D eigenvalue weighted by atomic mass is 19.2. The molecule has 0 saturated heterocycles. The number of rotatable bonds is 6. The number of ether oxygens (including phenoxy) is 3. The maximum atomic E-state index is 14.5. The fourth-order valence-electron chi connectivity index (χ4n) is 3.74. The van der Waals surface area contributed by atoms with E-state index >= 15 is 0 Å². The summed E-state index contributed by atoms with van der Waals surface area (Å²) in [5, 5.41) is 0. The molecule has 0 saturated carbocycles. The van der Waals surface area contributed by atoms with Gasteiger partial charge in [-0.15, -0.1) is 0 Å². The third-order valence-electron chi connectivity index (χ3n) is 5.30. The molecule has 4 rings (SSSR count). The van der Waals surface area contributed by atoms with Gasteiger partial charge in [0.2, 0.25) is 0 Å². The van der Waals surface area contributed by atoms with Gasteiger partial charge in [0.15, 0.2) is 47.0 Å². The number of hydrogen-bond donors (Lipinski definition) is 0. The average Bonchev–Trinajstić information content (AvgIpc) is 2.85. The van der Waals surface area contributed by atoms with Crippen molar-refractivity contribution in [3.05, 3.63) is 76.6 Å². The third-order valence-corrected chi connectivity index (χ3v) is 5.30. The van der Waals surface area contributed by atoms with E-state index in [1.165, 1.54) is 43.5 Å². The Labute approximate surface area is 199 Å². The second-order valence-corrected chi connectivity index (χ2v) is 7.36. The maximum absolute atomic E-state index is 14.5. The highest BCUT2D eigenvalue weighted by molar-refractivity contribution is 5.77. The van der Waals surface area contributed by atoms with Crippen LogP contribution in [0.15, 0.2) is 42.5 Å². The Morgan fingerprint density at radius 2 is 1.26 bits per heavy atom. The summed E-state index contributed by atoms with van der Waals surface area (Å²) in [7, 11) is 1.23. The van der Waals surface area contributed by atoms with Crippen molar-refractivity contribution in [2.45, 2.75) is 26.2 Å². The Bertz CT molecular complexity index is 1210. The van der Waals surface area contributed by atoms with Gasteiger partial charge in [-0.25, -0.2) is 22.0 Å². The van der Waals surface area contributed by atoms with Crippen molar-refractivity contribution < 1.29 is 41.0 Å². The Morgan fingerprint density at radius 3 is 1.74 bits per heavy atom. The number of aldehydes is 1. The lowest BCUT2D eigenvalue weighted by Crippen LogP contribution is -2.16. The van der Waals surface area contributed by atoms with Crippen molar-refractivity contribution in [2.24, 2.45) is 0 Å². The van der Waals surface area contributed by atoms with Crippen molar-refractivity contribution >= 4 is 6.29 Å². The SMILES string of the molecule is CCOc1ccc(C=O)cc1F.CCOc1ccc2c(c1F)C(F)C(F)c1c-2ccc(OC)c1F. The van der Waals surface area contributed by atoms with Crippen LogP contribution < -0.4 is 14.2 Å². The number of fused-ring (bicyclic) bond motifs is 3. The molecule has 0 spiro atoms. The highest BCUT2D eigenvalue weighted by Crippen LogP contribution is 2.52. The number of carbonyl (C=O) groups excluding carboxylic acids is 1. The zero-order chi connectivity index (χ0) is 25.7. The summed E-state index contributed by atoms with van der Waals surface area (Å²) in [5.74, 6) is -2.59. The van der Waals surface area contributed by atoms with Gasteiger partial charge in [-0.05, 0) is 55.3 Å². The summed E-state index contributed by atoms with van der Waals surface area (Å²) in [6.45, 7) is 4.03. The number of carbonyl (C=O) groups is 1. The summed E-state index contributed by atoms with van der Waals surface area (Å²) in [6.07, 6.45) is -4.04. The summed E-state index contributed by atoms with van der Waals surface area (Å²) in [6, 6.07) is 9.55. The molecule has 4 nitrogen and oxygen atoms in total. The number of hydrogen-bond acceptors (Lipinski definition) is 4. The number of halogens is 5. The highest BCUT2D eigenvalue weighted by Gasteiger charge is 2.40. The maximum Gasteiger partial charge on any atom is 0.171 e. The van der Waals surface area contributed by atoms with Gasteiger partial charge in [0.05, 0.1) is 20.3 Å². The molecule has 3 aromatic rings. The molecule has 0 N–H and O–H groups in total. The summed E-state index contributed by atoms with van der Waals surface area (Å²) in [5.41, 5.74) is -0.352. The molecular weight excluding hydrogens is 471 g/mol. The van der Waals surface area contributed by atoms with Gasteiger partial charge in [0.25, 0.3) is 0 Å². The predicted molar refractivity (Wildman–Crippen MR) is 120 cm³/mol. The van der Waals surface area contributed by atoms with Crippen LogP contribution in [0.2, 0.25) is 0 Å². The van der Waals surface area contributed by atoms with Gasteiger partial charge in [0, 0.05) is 16.7 Å². The van der Waals surface area contributed by atoms with E-state index in [0.29, 0.717) is 18.5 Å². The monoisotopic (exact) mass is 494 g/mol. The van der Waals surface area contributed by atoms with Crippen LogP contribution in [0.5, 0.6) is 17.2 Å². The van der Waals surface area contributed by atoms with Crippen LogP contribution >= 0.6 is 0 Å². The van der Waals surface area contributed by atoms with Crippen LogP contribution in [0.4, 0.5) is 22.0 Å². The van der Waals surface area contributed by atoms with Crippen LogP contribution in [-0.4, -0.2) is 26.6 Å². The van der Waals surface area contributed by atoms with Gasteiger partial charge in [-0.2, -0.15) is 0 Å². The molecule has 0 aliphatic heterocycles. The molecular formula is C26H23F5O4. The van der Waals surface area contributed by atoms with Gasteiger partial charge in [-0.3, -0.25) is 4.79 Å². The van der Waals surface area contributed by atoms with E-state index in [-0.39, 0.29) is 35.0 Å². The van der Waals surface area contributed by atoms with Crippen LogP contribution in [0.3, 0.4) is 0 Å². The number of benzene rings is 3. The van der Waals surface area contributed by atoms with E-state index in [4.69, 9.17) is 14.2 Å². The molecule has 0 heterocycles. The van der Waals surface area contributed by atoms with Gasteiger partial charge in [0.1, 0.15) is 6.29 Å². The first kappa shape index (κ1) is 26.0. The molecule has 1 aliphatic rings. The summed E-state index contributed by atoms with van der Waals surface area (Å²) < 4.78 is 85.5. The third kappa shape index (κ3) is 5.08. The van der Waals surface area contributed by atoms with E-state index in [2.05, 4.69) is 0 Å². The Hall–Kier alpha value is -3.62. The minimum atomic E-state index is -2.32. The van der Waals surface area contributed by atoms with Crippen LogP contribution in [0, 0.1) is 17.5 Å². The number of methoxy groups -OCH3 is 1. The Balaban J connectivity index is 0.000000241. The van der Waals surface area contributed by atoms with E-state index in [9.17, 15) is 26.7 Å². The normalized spacial score (nSPS) is 15.8. The van der Waals surface area contributed by atoms with Crippen LogP contribution in [-0.2, 0) is 0 Å². The molecule has 1 aliphatic carbocycles. The fourth-order valence-corrected chi connectivity index (χ4v) is 3.74. The summed E-state index contributed by atoms with van der Waals surface area (Å²) >= 11 is 0. The zero-order valence-corrected chi connectivity index (χ0v) is 19.2. The number of alkyl halides is 2. The smallest absolute Gasteiger partial charge is 0.171 e. The molecule has 2 atom stereocenters. The van der Waals surface area contributed by atoms with Gasteiger partial charge >= 0.3 is 0 Å². The molecule has 0 aromatic heterocycles. The molecule has 3 aromatic carbocycles. The average molecular weight is 494 g/mol. The van der Waals surface area contributed by atoms with E-state index in [0.717, 1.165) is 6.07 Å². The minimum Gasteiger partial charge on any atom is -0.494 e. The molecule has 2 unspecified atom stereocenters. The van der Waals surface area contributed by atoms with Crippen molar-refractivity contribution in [3.63, 3.8) is 0 Å². The first-order valence-electron chi connectivity index (χ1n) is 10.8. The van der Waals surface area contributed by atoms with Crippen molar-refractivity contribution in [1.82, 2.24) is 0 Å². The fraction of sp³-hybridized carbons (Fsp3) is 0.269. The second kappa shape index (κ2) is 11.2. The molecule has 0 amide bonds. The van der Waals surface area contributed by atoms with E-state index < -0.39 is 40.9 Å². The van der Waals surface area contributed by atoms with Gasteiger partial charge < -0.3 is 14.2 Å². The van der Waals surface area contributed by atoms with Crippen LogP contribution in [0.1, 0.15) is 47.7 Å². The standard InChI is InChI=1S/C17H14F4O2.C9H9FO2/c1-3-23-11-7-5-9-8-4-6-10(22-2)14(18)12(8)16(20)17(21)13(9)15(11)19;1-2-12-9-4-3-7(6-11)5-8(9)10/h4-7,16-17H,3H2,1-2H3;3-6H,2H2,1H3. The minimum absolute atomic E-state index is 0.113.